The van der Waals surface area contributed by atoms with Gasteiger partial charge in [0.15, 0.2) is 6.10 Å². The van der Waals surface area contributed by atoms with Gasteiger partial charge < -0.3 is 30.1 Å². The van der Waals surface area contributed by atoms with Gasteiger partial charge in [0.05, 0.1) is 38.3 Å². The zero-order valence-electron chi connectivity index (χ0n) is 25.3. The number of rotatable bonds is 6. The highest BCUT2D eigenvalue weighted by Gasteiger charge is 2.34. The molecule has 1 atom stereocenters. The Morgan fingerprint density at radius 2 is 1.43 bits per heavy atom. The smallest absolute Gasteiger partial charge is 0.416 e. The van der Waals surface area contributed by atoms with Crippen molar-refractivity contribution in [3.8, 4) is 5.75 Å². The van der Waals surface area contributed by atoms with Gasteiger partial charge in [-0.3, -0.25) is 9.59 Å². The van der Waals surface area contributed by atoms with Crippen molar-refractivity contribution in [3.05, 3.63) is 58.7 Å². The number of halogens is 3. The molecule has 2 aromatic carbocycles. The Hall–Kier alpha value is -3.31. The molecule has 0 spiro atoms. The molecule has 6 rings (SSSR count). The van der Waals surface area contributed by atoms with E-state index in [1.807, 2.05) is 23.1 Å². The van der Waals surface area contributed by atoms with E-state index >= 15 is 0 Å². The van der Waals surface area contributed by atoms with E-state index < -0.39 is 17.6 Å². The lowest BCUT2D eigenvalue weighted by Gasteiger charge is -2.35. The fourth-order valence-corrected chi connectivity index (χ4v) is 7.10. The van der Waals surface area contributed by atoms with Crippen LogP contribution >= 0.6 is 0 Å². The second-order valence-corrected chi connectivity index (χ2v) is 12.6. The van der Waals surface area contributed by atoms with Crippen LogP contribution in [0.15, 0.2) is 36.4 Å². The molecule has 0 bridgehead atoms. The molecule has 0 radical (unpaired) electrons. The summed E-state index contributed by atoms with van der Waals surface area (Å²) in [5.74, 6) is 0.760. The number of nitrogens with zero attached hydrogens (tertiary/aromatic N) is 3. The van der Waals surface area contributed by atoms with Gasteiger partial charge in [0.2, 0.25) is 0 Å². The van der Waals surface area contributed by atoms with Crippen LogP contribution in [0.3, 0.4) is 0 Å². The van der Waals surface area contributed by atoms with Crippen LogP contribution in [0.25, 0.3) is 0 Å². The van der Waals surface area contributed by atoms with Gasteiger partial charge in [0.25, 0.3) is 11.8 Å². The van der Waals surface area contributed by atoms with Crippen LogP contribution in [-0.4, -0.2) is 93.2 Å². The maximum atomic E-state index is 13.8. The number of carbonyl (C=O) groups excluding carboxylic acids is 2. The standard InChI is InChI=1S/C33H42F3N5O3/c34-33(35,36)26-18-25(19-27(21-26)39-12-10-37-11-13-39)32(43)41-16-14-40(15-17-41)31(42)24-6-7-30(44-28-8-9-38-22-28)29(20-24)23-4-2-1-3-5-23/h6-7,18-21,23,28,37-38H,1-5,8-17,22H2/p+2/t28-/m0/s1. The molecular formula is C33H44F3N5O3+2. The lowest BCUT2D eigenvalue weighted by molar-refractivity contribution is -0.655. The lowest BCUT2D eigenvalue weighted by Crippen LogP contribution is -2.89. The molecule has 4 aliphatic rings. The summed E-state index contributed by atoms with van der Waals surface area (Å²) < 4.78 is 47.8. The van der Waals surface area contributed by atoms with Gasteiger partial charge in [-0.25, -0.2) is 0 Å². The third-order valence-electron chi connectivity index (χ3n) is 9.64. The minimum Gasteiger partial charge on any atom is -0.484 e. The van der Waals surface area contributed by atoms with E-state index in [-0.39, 0.29) is 30.7 Å². The van der Waals surface area contributed by atoms with Crippen molar-refractivity contribution >= 4 is 17.5 Å². The molecule has 8 nitrogen and oxygen atoms in total. The van der Waals surface area contributed by atoms with Crippen molar-refractivity contribution in [2.75, 3.05) is 70.3 Å². The molecule has 0 unspecified atom stereocenters. The molecule has 3 saturated heterocycles. The van der Waals surface area contributed by atoms with Crippen molar-refractivity contribution in [1.82, 2.24) is 9.80 Å². The van der Waals surface area contributed by atoms with Gasteiger partial charge in [-0.15, -0.1) is 0 Å². The van der Waals surface area contributed by atoms with Gasteiger partial charge in [0, 0.05) is 49.4 Å². The molecule has 3 aliphatic heterocycles. The maximum Gasteiger partial charge on any atom is 0.416 e. The zero-order valence-corrected chi connectivity index (χ0v) is 25.3. The first kappa shape index (κ1) is 30.7. The Labute approximate surface area is 256 Å². The number of nitrogens with two attached hydrogens (primary N) is 2. The summed E-state index contributed by atoms with van der Waals surface area (Å²) in [6.45, 7) is 6.06. The van der Waals surface area contributed by atoms with Gasteiger partial charge in [-0.2, -0.15) is 13.2 Å². The SMILES string of the molecule is O=C(c1cc(N2CC[NH2+]CC2)cc(C(F)(F)F)c1)N1CCN(C(=O)c2ccc(O[C@H]3CC[NH2+]C3)c(C3CCCCC3)c2)CC1. The molecular weight excluding hydrogens is 571 g/mol. The average molecular weight is 616 g/mol. The van der Waals surface area contributed by atoms with Crippen molar-refractivity contribution in [2.45, 2.75) is 56.7 Å². The number of amides is 2. The van der Waals surface area contributed by atoms with Crippen LogP contribution in [0.5, 0.6) is 5.75 Å². The highest BCUT2D eigenvalue weighted by molar-refractivity contribution is 5.97. The summed E-state index contributed by atoms with van der Waals surface area (Å²) in [7, 11) is 0. The van der Waals surface area contributed by atoms with Crippen LogP contribution in [0.4, 0.5) is 18.9 Å². The molecule has 44 heavy (non-hydrogen) atoms. The van der Waals surface area contributed by atoms with E-state index in [2.05, 4.69) is 10.6 Å². The van der Waals surface area contributed by atoms with Gasteiger partial charge >= 0.3 is 6.18 Å². The number of hydrogen-bond donors (Lipinski definition) is 2. The molecule has 2 aromatic rings. The summed E-state index contributed by atoms with van der Waals surface area (Å²) in [6.07, 6.45) is 2.45. The number of quaternary nitrogens is 2. The van der Waals surface area contributed by atoms with Crippen LogP contribution < -0.4 is 20.3 Å². The molecule has 4 N–H and O–H groups in total. The average Bonchev–Trinajstić information content (AvgIpc) is 3.58. The Morgan fingerprint density at radius 3 is 2.07 bits per heavy atom. The van der Waals surface area contributed by atoms with E-state index in [1.54, 1.807) is 15.9 Å². The van der Waals surface area contributed by atoms with Crippen LogP contribution in [0.1, 0.15) is 76.3 Å². The summed E-state index contributed by atoms with van der Waals surface area (Å²) >= 11 is 0. The summed E-state index contributed by atoms with van der Waals surface area (Å²) in [4.78, 5) is 32.4. The largest absolute Gasteiger partial charge is 0.484 e. The molecule has 3 heterocycles. The summed E-state index contributed by atoms with van der Waals surface area (Å²) in [5, 5.41) is 4.40. The number of alkyl halides is 3. The Kier molecular flexibility index (Phi) is 9.32. The number of anilines is 1. The monoisotopic (exact) mass is 615 g/mol. The third kappa shape index (κ3) is 6.99. The normalized spacial score (nSPS) is 21.9. The number of ether oxygens (including phenoxy) is 1. The highest BCUT2D eigenvalue weighted by Crippen LogP contribution is 2.39. The van der Waals surface area contributed by atoms with Crippen molar-refractivity contribution in [2.24, 2.45) is 0 Å². The minimum atomic E-state index is -4.55. The van der Waals surface area contributed by atoms with E-state index in [4.69, 9.17) is 4.74 Å². The number of benzene rings is 2. The Bertz CT molecular complexity index is 1330. The summed E-state index contributed by atoms with van der Waals surface area (Å²) in [5.41, 5.74) is 1.41. The van der Waals surface area contributed by atoms with Gasteiger partial charge in [0.1, 0.15) is 12.3 Å². The van der Waals surface area contributed by atoms with Gasteiger partial charge in [-0.05, 0) is 60.7 Å². The van der Waals surface area contributed by atoms with Crippen LogP contribution in [-0.2, 0) is 6.18 Å². The predicted molar refractivity (Wildman–Crippen MR) is 160 cm³/mol. The molecule has 238 valence electrons. The molecule has 0 aromatic heterocycles. The van der Waals surface area contributed by atoms with Crippen molar-refractivity contribution < 1.29 is 38.1 Å². The zero-order chi connectivity index (χ0) is 30.7. The molecule has 4 fully saturated rings. The van der Waals surface area contributed by atoms with Crippen LogP contribution in [0, 0.1) is 0 Å². The molecule has 2 amide bonds. The topological polar surface area (TPSA) is 86.3 Å². The lowest BCUT2D eigenvalue weighted by atomic mass is 9.83. The van der Waals surface area contributed by atoms with E-state index in [0.29, 0.717) is 43.3 Å². The highest BCUT2D eigenvalue weighted by atomic mass is 19.4. The Balaban J connectivity index is 1.15. The fraction of sp³-hybridized carbons (Fsp3) is 0.576. The maximum absolute atomic E-state index is 13.8. The molecule has 1 saturated carbocycles. The second-order valence-electron chi connectivity index (χ2n) is 12.6. The first-order valence-electron chi connectivity index (χ1n) is 16.3. The summed E-state index contributed by atoms with van der Waals surface area (Å²) in [6, 6.07) is 9.51. The first-order chi connectivity index (χ1) is 21.3. The van der Waals surface area contributed by atoms with Crippen molar-refractivity contribution in [1.29, 1.82) is 0 Å². The number of piperazine rings is 2. The van der Waals surface area contributed by atoms with E-state index in [1.165, 1.54) is 19.3 Å². The fourth-order valence-electron chi connectivity index (χ4n) is 7.10. The third-order valence-corrected chi connectivity index (χ3v) is 9.64. The quantitative estimate of drug-likeness (QED) is 0.523. The second kappa shape index (κ2) is 13.4. The Morgan fingerprint density at radius 1 is 0.750 bits per heavy atom. The molecule has 11 heteroatoms. The van der Waals surface area contributed by atoms with Gasteiger partial charge in [-0.1, -0.05) is 19.3 Å². The minimum absolute atomic E-state index is 0.0386. The van der Waals surface area contributed by atoms with Crippen LogP contribution in [0.2, 0.25) is 0 Å². The predicted octanol–water partition coefficient (Wildman–Crippen LogP) is 2.45. The first-order valence-corrected chi connectivity index (χ1v) is 16.3. The number of carbonyl (C=O) groups is 2. The molecule has 1 aliphatic carbocycles. The van der Waals surface area contributed by atoms with E-state index in [9.17, 15) is 22.8 Å². The van der Waals surface area contributed by atoms with Crippen molar-refractivity contribution in [3.63, 3.8) is 0 Å². The van der Waals surface area contributed by atoms with E-state index in [0.717, 1.165) is 68.9 Å². The number of hydrogen-bond acceptors (Lipinski definition) is 4.